The number of anilines is 1. The fraction of sp³-hybridized carbons (Fsp3) is 0.333. The van der Waals surface area contributed by atoms with E-state index in [9.17, 15) is 4.79 Å². The molecule has 16 heavy (non-hydrogen) atoms. The summed E-state index contributed by atoms with van der Waals surface area (Å²) in [7, 11) is 0. The van der Waals surface area contributed by atoms with Crippen molar-refractivity contribution in [2.45, 2.75) is 20.8 Å². The topological polar surface area (TPSA) is 41.1 Å². The zero-order valence-corrected chi connectivity index (χ0v) is 10.5. The summed E-state index contributed by atoms with van der Waals surface area (Å²) in [5.74, 6) is -0.0964. The Balaban J connectivity index is 2.52. The smallest absolute Gasteiger partial charge is 0.231 e. The highest BCUT2D eigenvalue weighted by molar-refractivity contribution is 7.80. The summed E-state index contributed by atoms with van der Waals surface area (Å²) in [6, 6.07) is 9.49. The summed E-state index contributed by atoms with van der Waals surface area (Å²) in [5.41, 5.74) is 0.421. The van der Waals surface area contributed by atoms with Crippen LogP contribution < -0.4 is 10.6 Å². The summed E-state index contributed by atoms with van der Waals surface area (Å²) < 4.78 is 0. The number of nitrogens with one attached hydrogen (secondary N) is 2. The number of benzene rings is 1. The Labute approximate surface area is 101 Å². The van der Waals surface area contributed by atoms with Gasteiger partial charge in [0.25, 0.3) is 0 Å². The molecule has 1 amide bonds. The lowest BCUT2D eigenvalue weighted by Gasteiger charge is -2.18. The molecular weight excluding hydrogens is 220 g/mol. The molecule has 1 aromatic rings. The van der Waals surface area contributed by atoms with E-state index >= 15 is 0 Å². The molecule has 0 spiro atoms. The van der Waals surface area contributed by atoms with Crippen LogP contribution in [0.4, 0.5) is 5.69 Å². The number of amides is 1. The Morgan fingerprint density at radius 3 is 2.25 bits per heavy atom. The number of carbonyl (C=O) groups is 1. The fourth-order valence-electron chi connectivity index (χ4n) is 0.974. The summed E-state index contributed by atoms with van der Waals surface area (Å²) in [4.78, 5) is 11.6. The van der Waals surface area contributed by atoms with Gasteiger partial charge in [0.1, 0.15) is 0 Å². The van der Waals surface area contributed by atoms with E-state index in [2.05, 4.69) is 10.6 Å². The molecule has 1 aromatic carbocycles. The molecule has 0 aliphatic carbocycles. The van der Waals surface area contributed by atoms with Gasteiger partial charge in [0.2, 0.25) is 5.91 Å². The standard InChI is InChI=1S/C12H16N2OS/c1-12(2,3)10(15)14-11(16)13-9-7-5-4-6-8-9/h4-8H,1-3H3,(H2,13,14,15,16). The number of thiocarbonyl (C=S) groups is 1. The van der Waals surface area contributed by atoms with E-state index in [1.54, 1.807) is 0 Å². The van der Waals surface area contributed by atoms with Crippen molar-refractivity contribution in [2.24, 2.45) is 5.41 Å². The van der Waals surface area contributed by atoms with Crippen LogP contribution in [0.5, 0.6) is 0 Å². The Morgan fingerprint density at radius 1 is 1.19 bits per heavy atom. The van der Waals surface area contributed by atoms with Crippen LogP contribution in [0.3, 0.4) is 0 Å². The van der Waals surface area contributed by atoms with E-state index < -0.39 is 5.41 Å². The van der Waals surface area contributed by atoms with Crippen LogP contribution in [-0.2, 0) is 4.79 Å². The number of hydrogen-bond acceptors (Lipinski definition) is 2. The van der Waals surface area contributed by atoms with Crippen LogP contribution in [0.15, 0.2) is 30.3 Å². The largest absolute Gasteiger partial charge is 0.332 e. The van der Waals surface area contributed by atoms with Gasteiger partial charge >= 0.3 is 0 Å². The molecule has 0 radical (unpaired) electrons. The molecule has 0 bridgehead atoms. The van der Waals surface area contributed by atoms with E-state index in [1.807, 2.05) is 51.1 Å². The zero-order valence-electron chi connectivity index (χ0n) is 9.70. The fourth-order valence-corrected chi connectivity index (χ4v) is 1.18. The highest BCUT2D eigenvalue weighted by Gasteiger charge is 2.21. The summed E-state index contributed by atoms with van der Waals surface area (Å²) in [6.45, 7) is 5.52. The average Bonchev–Trinajstić information content (AvgIpc) is 2.17. The maximum Gasteiger partial charge on any atom is 0.231 e. The zero-order chi connectivity index (χ0) is 12.2. The molecule has 2 N–H and O–H groups in total. The second-order valence-corrected chi connectivity index (χ2v) is 4.93. The van der Waals surface area contributed by atoms with Crippen LogP contribution in [0.2, 0.25) is 0 Å². The minimum Gasteiger partial charge on any atom is -0.332 e. The molecule has 0 heterocycles. The van der Waals surface area contributed by atoms with Crippen molar-refractivity contribution in [3.8, 4) is 0 Å². The molecule has 0 aliphatic heterocycles. The van der Waals surface area contributed by atoms with Crippen LogP contribution in [0, 0.1) is 5.41 Å². The van der Waals surface area contributed by atoms with Gasteiger partial charge in [-0.05, 0) is 24.4 Å². The number of hydrogen-bond donors (Lipinski definition) is 2. The molecule has 3 nitrogen and oxygen atoms in total. The second-order valence-electron chi connectivity index (χ2n) is 4.52. The van der Waals surface area contributed by atoms with Gasteiger partial charge in [-0.1, -0.05) is 39.0 Å². The quantitative estimate of drug-likeness (QED) is 0.736. The van der Waals surface area contributed by atoms with Crippen LogP contribution >= 0.6 is 12.2 Å². The van der Waals surface area contributed by atoms with Crippen molar-refractivity contribution >= 4 is 28.9 Å². The molecule has 1 rings (SSSR count). The molecule has 0 unspecified atom stereocenters. The third-order valence-corrected chi connectivity index (χ3v) is 2.14. The average molecular weight is 236 g/mol. The first kappa shape index (κ1) is 12.6. The Morgan fingerprint density at radius 2 is 1.75 bits per heavy atom. The van der Waals surface area contributed by atoms with Crippen LogP contribution in [0.25, 0.3) is 0 Å². The highest BCUT2D eigenvalue weighted by Crippen LogP contribution is 2.12. The lowest BCUT2D eigenvalue weighted by Crippen LogP contribution is -2.41. The first-order valence-electron chi connectivity index (χ1n) is 5.07. The summed E-state index contributed by atoms with van der Waals surface area (Å²) in [6.07, 6.45) is 0. The molecule has 0 aromatic heterocycles. The monoisotopic (exact) mass is 236 g/mol. The predicted molar refractivity (Wildman–Crippen MR) is 70.3 cm³/mol. The third-order valence-electron chi connectivity index (χ3n) is 1.94. The molecule has 4 heteroatoms. The summed E-state index contributed by atoms with van der Waals surface area (Å²) in [5, 5.41) is 5.92. The van der Waals surface area contributed by atoms with Crippen LogP contribution in [0.1, 0.15) is 20.8 Å². The molecule has 0 aliphatic rings. The Kier molecular flexibility index (Phi) is 4.01. The van der Waals surface area contributed by atoms with E-state index in [-0.39, 0.29) is 5.91 Å². The molecule has 0 fully saturated rings. The summed E-state index contributed by atoms with van der Waals surface area (Å²) >= 11 is 5.04. The number of rotatable bonds is 1. The van der Waals surface area contributed by atoms with Gasteiger partial charge in [-0.2, -0.15) is 0 Å². The van der Waals surface area contributed by atoms with Gasteiger partial charge in [0.05, 0.1) is 0 Å². The van der Waals surface area contributed by atoms with Crippen molar-refractivity contribution in [3.05, 3.63) is 30.3 Å². The first-order valence-corrected chi connectivity index (χ1v) is 5.48. The van der Waals surface area contributed by atoms with Crippen molar-refractivity contribution < 1.29 is 4.79 Å². The molecule has 0 saturated heterocycles. The maximum atomic E-state index is 11.6. The Hall–Kier alpha value is -1.42. The molecular formula is C12H16N2OS. The predicted octanol–water partition coefficient (Wildman–Crippen LogP) is 2.55. The van der Waals surface area contributed by atoms with E-state index in [0.29, 0.717) is 5.11 Å². The van der Waals surface area contributed by atoms with Crippen molar-refractivity contribution in [3.63, 3.8) is 0 Å². The van der Waals surface area contributed by atoms with Gasteiger partial charge in [-0.25, -0.2) is 0 Å². The second kappa shape index (κ2) is 5.07. The number of para-hydroxylation sites is 1. The van der Waals surface area contributed by atoms with Crippen molar-refractivity contribution in [2.75, 3.05) is 5.32 Å². The molecule has 0 atom stereocenters. The van der Waals surface area contributed by atoms with E-state index in [1.165, 1.54) is 0 Å². The van der Waals surface area contributed by atoms with Crippen molar-refractivity contribution in [1.82, 2.24) is 5.32 Å². The Bertz CT molecular complexity index is 382. The lowest BCUT2D eigenvalue weighted by molar-refractivity contribution is -0.126. The lowest BCUT2D eigenvalue weighted by atomic mass is 9.96. The van der Waals surface area contributed by atoms with E-state index in [0.717, 1.165) is 5.69 Å². The third kappa shape index (κ3) is 3.98. The van der Waals surface area contributed by atoms with Gasteiger partial charge in [0.15, 0.2) is 5.11 Å². The first-order chi connectivity index (χ1) is 7.39. The van der Waals surface area contributed by atoms with Gasteiger partial charge < -0.3 is 10.6 Å². The van der Waals surface area contributed by atoms with E-state index in [4.69, 9.17) is 12.2 Å². The van der Waals surface area contributed by atoms with Gasteiger partial charge in [-0.3, -0.25) is 4.79 Å². The maximum absolute atomic E-state index is 11.6. The minimum absolute atomic E-state index is 0.0964. The van der Waals surface area contributed by atoms with Crippen molar-refractivity contribution in [1.29, 1.82) is 0 Å². The van der Waals surface area contributed by atoms with Gasteiger partial charge in [-0.15, -0.1) is 0 Å². The molecule has 0 saturated carbocycles. The number of carbonyl (C=O) groups excluding carboxylic acids is 1. The highest BCUT2D eigenvalue weighted by atomic mass is 32.1. The minimum atomic E-state index is -0.442. The molecule has 86 valence electrons. The van der Waals surface area contributed by atoms with Crippen LogP contribution in [-0.4, -0.2) is 11.0 Å². The van der Waals surface area contributed by atoms with Gasteiger partial charge in [0, 0.05) is 11.1 Å². The SMILES string of the molecule is CC(C)(C)C(=O)NC(=S)Nc1ccccc1. The normalized spacial score (nSPS) is 10.7.